The molecule has 2 aliphatic rings. The van der Waals surface area contributed by atoms with Gasteiger partial charge >= 0.3 is 171 Å². The Kier molecular flexibility index (Phi) is 6.84. The van der Waals surface area contributed by atoms with Gasteiger partial charge in [0.1, 0.15) is 0 Å². The van der Waals surface area contributed by atoms with Gasteiger partial charge in [-0.05, 0) is 13.3 Å². The number of carbonyl (C=O) groups excluding carboxylic acids is 1. The zero-order chi connectivity index (χ0) is 22.9. The summed E-state index contributed by atoms with van der Waals surface area (Å²) >= 11 is -0.235. The molecule has 2 aromatic carbocycles. The predicted octanol–water partition coefficient (Wildman–Crippen LogP) is 1.41. The van der Waals surface area contributed by atoms with Crippen LogP contribution in [0.15, 0.2) is 42.5 Å². The Morgan fingerprint density at radius 2 is 1.84 bits per heavy atom. The number of carbonyl (C=O) groups is 1. The number of benzene rings is 2. The van der Waals surface area contributed by atoms with Gasteiger partial charge in [-0.1, -0.05) is 0 Å². The van der Waals surface area contributed by atoms with Crippen LogP contribution in [-0.2, 0) is 14.3 Å². The van der Waals surface area contributed by atoms with E-state index in [1.54, 1.807) is 6.92 Å². The first-order valence-electron chi connectivity index (χ1n) is 11.2. The summed E-state index contributed by atoms with van der Waals surface area (Å²) in [5.74, 6) is -1.30. The molecule has 2 aromatic rings. The maximum atomic E-state index is 12.3. The van der Waals surface area contributed by atoms with Gasteiger partial charge in [-0.2, -0.15) is 0 Å². The van der Waals surface area contributed by atoms with Crippen molar-refractivity contribution in [3.05, 3.63) is 60.7 Å². The Hall–Kier alpha value is -1.64. The van der Waals surface area contributed by atoms with E-state index in [2.05, 4.69) is 51.1 Å². The number of aryl methyl sites for hydroxylation is 2. The van der Waals surface area contributed by atoms with Gasteiger partial charge in [0.2, 0.25) is 0 Å². The first-order chi connectivity index (χ1) is 15.1. The van der Waals surface area contributed by atoms with Crippen LogP contribution in [-0.4, -0.2) is 35.2 Å². The van der Waals surface area contributed by atoms with E-state index < -0.39 is 11.8 Å². The van der Waals surface area contributed by atoms with Gasteiger partial charge < -0.3 is 4.74 Å². The van der Waals surface area contributed by atoms with Crippen molar-refractivity contribution in [1.82, 2.24) is 0 Å². The summed E-state index contributed by atoms with van der Waals surface area (Å²) in [6, 6.07) is 14.8. The van der Waals surface area contributed by atoms with Gasteiger partial charge in [0.05, 0.1) is 11.7 Å². The number of esters is 1. The van der Waals surface area contributed by atoms with E-state index in [9.17, 15) is 9.90 Å². The van der Waals surface area contributed by atoms with Crippen LogP contribution >= 0.6 is 0 Å². The third-order valence-corrected chi connectivity index (χ3v) is 8.92. The third kappa shape index (κ3) is 5.83. The summed E-state index contributed by atoms with van der Waals surface area (Å²) in [6.45, 7) is 8.13. The molecule has 4 rings (SSSR count). The molecule has 6 heteroatoms. The van der Waals surface area contributed by atoms with Crippen molar-refractivity contribution in [1.29, 1.82) is 0 Å². The number of fused-ring (bicyclic) bond motifs is 1. The molecule has 0 spiro atoms. The molecule has 4 unspecified atom stereocenters. The Labute approximate surface area is 200 Å². The SMILES string of the molecule is Cc1cc(C)cc([I-]c2ccc(OCCC(=O)OC(C)(O)C3CCC4OC4(C)C3)cc2)c1. The summed E-state index contributed by atoms with van der Waals surface area (Å²) in [6.07, 6.45) is 2.81. The average molecular weight is 551 g/mol. The molecule has 1 aliphatic carbocycles. The first-order valence-corrected chi connectivity index (χ1v) is 13.4. The Balaban J connectivity index is 1.22. The molecule has 174 valence electrons. The fraction of sp³-hybridized carbons (Fsp3) is 0.500. The van der Waals surface area contributed by atoms with Crippen molar-refractivity contribution in [2.45, 2.75) is 70.9 Å². The number of epoxide rings is 1. The summed E-state index contributed by atoms with van der Waals surface area (Å²) in [5.41, 5.74) is 2.44. The van der Waals surface area contributed by atoms with E-state index in [1.165, 1.54) is 18.3 Å². The second-order valence-electron chi connectivity index (χ2n) is 9.38. The third-order valence-electron chi connectivity index (χ3n) is 6.34. The van der Waals surface area contributed by atoms with Crippen LogP contribution < -0.4 is 25.9 Å². The minimum atomic E-state index is -1.48. The molecule has 1 N–H and O–H groups in total. The van der Waals surface area contributed by atoms with Gasteiger partial charge in [-0.3, -0.25) is 0 Å². The first kappa shape index (κ1) is 23.5. The summed E-state index contributed by atoms with van der Waals surface area (Å²) in [4.78, 5) is 12.3. The minimum absolute atomic E-state index is 0.0938. The van der Waals surface area contributed by atoms with Crippen LogP contribution in [0.2, 0.25) is 0 Å². The molecule has 0 radical (unpaired) electrons. The molecular formula is C26H32IO5-. The molecule has 0 bridgehead atoms. The van der Waals surface area contributed by atoms with Crippen LogP contribution in [0.5, 0.6) is 5.75 Å². The number of halogens is 1. The van der Waals surface area contributed by atoms with E-state index in [1.807, 2.05) is 12.1 Å². The van der Waals surface area contributed by atoms with Gasteiger partial charge in [0, 0.05) is 0 Å². The molecule has 1 saturated carbocycles. The number of rotatable bonds is 8. The van der Waals surface area contributed by atoms with Crippen molar-refractivity contribution in [2.24, 2.45) is 5.92 Å². The van der Waals surface area contributed by atoms with Crippen molar-refractivity contribution in [3.8, 4) is 5.75 Å². The molecule has 1 heterocycles. The Bertz CT molecular complexity index is 950. The number of hydrogen-bond donors (Lipinski definition) is 1. The summed E-state index contributed by atoms with van der Waals surface area (Å²) in [7, 11) is 0. The quantitative estimate of drug-likeness (QED) is 0.233. The monoisotopic (exact) mass is 551 g/mol. The second-order valence-corrected chi connectivity index (χ2v) is 12.4. The Morgan fingerprint density at radius 3 is 2.50 bits per heavy atom. The van der Waals surface area contributed by atoms with E-state index in [0.717, 1.165) is 18.6 Å². The molecule has 4 atom stereocenters. The van der Waals surface area contributed by atoms with Crippen LogP contribution in [0.1, 0.15) is 50.7 Å². The molecule has 1 saturated heterocycles. The van der Waals surface area contributed by atoms with Crippen molar-refractivity contribution in [2.75, 3.05) is 6.61 Å². The van der Waals surface area contributed by atoms with Gasteiger partial charge in [0.25, 0.3) is 0 Å². The maximum absolute atomic E-state index is 12.3. The number of ether oxygens (including phenoxy) is 3. The van der Waals surface area contributed by atoms with Crippen LogP contribution in [0, 0.1) is 26.9 Å². The van der Waals surface area contributed by atoms with Crippen LogP contribution in [0.25, 0.3) is 0 Å². The molecule has 5 nitrogen and oxygen atoms in total. The fourth-order valence-electron chi connectivity index (χ4n) is 4.55. The van der Waals surface area contributed by atoms with E-state index in [0.29, 0.717) is 12.5 Å². The van der Waals surface area contributed by atoms with Crippen molar-refractivity contribution in [3.63, 3.8) is 0 Å². The predicted molar refractivity (Wildman–Crippen MR) is 117 cm³/mol. The average Bonchev–Trinajstić information content (AvgIpc) is 3.39. The topological polar surface area (TPSA) is 68.3 Å². The molecule has 0 amide bonds. The Morgan fingerprint density at radius 1 is 1.16 bits per heavy atom. The van der Waals surface area contributed by atoms with Gasteiger partial charge in [-0.15, -0.1) is 0 Å². The molecule has 2 fully saturated rings. The van der Waals surface area contributed by atoms with Crippen molar-refractivity contribution < 1.29 is 45.3 Å². The second kappa shape index (κ2) is 9.31. The molecular weight excluding hydrogens is 519 g/mol. The van der Waals surface area contributed by atoms with Gasteiger partial charge in [0.15, 0.2) is 0 Å². The zero-order valence-electron chi connectivity index (χ0n) is 19.2. The molecule has 32 heavy (non-hydrogen) atoms. The van der Waals surface area contributed by atoms with Gasteiger partial charge in [-0.25, -0.2) is 0 Å². The number of hydrogen-bond acceptors (Lipinski definition) is 5. The summed E-state index contributed by atoms with van der Waals surface area (Å²) < 4.78 is 19.6. The zero-order valence-corrected chi connectivity index (χ0v) is 21.3. The van der Waals surface area contributed by atoms with E-state index >= 15 is 0 Å². The van der Waals surface area contributed by atoms with E-state index in [4.69, 9.17) is 14.2 Å². The number of aliphatic hydroxyl groups is 1. The van der Waals surface area contributed by atoms with E-state index in [-0.39, 0.29) is 45.8 Å². The standard InChI is InChI=1S/C26H32IO5/c1-17-13-18(2)15-21(14-17)27-20-6-8-22(9-7-20)30-12-11-24(28)32-26(4,29)19-5-10-23-25(3,16-19)31-23/h6-9,13-15,19,23,29H,5,10-12,16H2,1-4H3/q-1. The summed E-state index contributed by atoms with van der Waals surface area (Å²) in [5, 5.41) is 10.7. The molecule has 1 aliphatic heterocycles. The van der Waals surface area contributed by atoms with Crippen LogP contribution in [0.4, 0.5) is 0 Å². The van der Waals surface area contributed by atoms with Crippen molar-refractivity contribution >= 4 is 5.97 Å². The fourth-order valence-corrected chi connectivity index (χ4v) is 7.28. The van der Waals surface area contributed by atoms with Crippen LogP contribution in [0.3, 0.4) is 0 Å². The normalized spacial score (nSPS) is 26.2. The molecule has 0 aromatic heterocycles.